The fraction of sp³-hybridized carbons (Fsp3) is 0.500. The quantitative estimate of drug-likeness (QED) is 0.857. The van der Waals surface area contributed by atoms with E-state index in [9.17, 15) is 9.50 Å². The van der Waals surface area contributed by atoms with E-state index in [4.69, 9.17) is 17.3 Å². The van der Waals surface area contributed by atoms with Crippen molar-refractivity contribution in [3.8, 4) is 0 Å². The highest BCUT2D eigenvalue weighted by Crippen LogP contribution is 2.49. The summed E-state index contributed by atoms with van der Waals surface area (Å²) in [5, 5.41) is 10.5. The van der Waals surface area contributed by atoms with Gasteiger partial charge in [-0.25, -0.2) is 4.39 Å². The lowest BCUT2D eigenvalue weighted by Gasteiger charge is -2.44. The van der Waals surface area contributed by atoms with E-state index >= 15 is 0 Å². The number of rotatable bonds is 3. The first-order valence-corrected chi connectivity index (χ1v) is 5.79. The van der Waals surface area contributed by atoms with Crippen molar-refractivity contribution in [2.24, 2.45) is 11.1 Å². The Hall–Kier alpha value is -0.640. The molecule has 2 nitrogen and oxygen atoms in total. The van der Waals surface area contributed by atoms with Crippen LogP contribution in [0, 0.1) is 11.2 Å². The Balaban J connectivity index is 2.29. The summed E-state index contributed by atoms with van der Waals surface area (Å²) in [5.74, 6) is -0.423. The van der Waals surface area contributed by atoms with E-state index in [0.29, 0.717) is 17.1 Å². The van der Waals surface area contributed by atoms with Crippen LogP contribution in [0.4, 0.5) is 4.39 Å². The third-order valence-electron chi connectivity index (χ3n) is 3.54. The van der Waals surface area contributed by atoms with Gasteiger partial charge in [0.05, 0.1) is 6.10 Å². The highest BCUT2D eigenvalue weighted by Gasteiger charge is 2.43. The molecule has 0 spiro atoms. The number of hydrogen-bond donors (Lipinski definition) is 2. The van der Waals surface area contributed by atoms with Crippen LogP contribution in [0.15, 0.2) is 18.2 Å². The van der Waals surface area contributed by atoms with Crippen LogP contribution in [0.1, 0.15) is 30.9 Å². The van der Waals surface area contributed by atoms with Crippen LogP contribution in [-0.4, -0.2) is 11.7 Å². The Morgan fingerprint density at radius 2 is 2.12 bits per heavy atom. The number of benzene rings is 1. The van der Waals surface area contributed by atoms with Crippen molar-refractivity contribution in [2.45, 2.75) is 25.4 Å². The molecule has 1 atom stereocenters. The second-order valence-corrected chi connectivity index (χ2v) is 4.96. The zero-order chi connectivity index (χ0) is 11.8. The van der Waals surface area contributed by atoms with E-state index in [2.05, 4.69) is 0 Å². The van der Waals surface area contributed by atoms with Crippen LogP contribution in [0.2, 0.25) is 5.02 Å². The van der Waals surface area contributed by atoms with Crippen molar-refractivity contribution < 1.29 is 9.50 Å². The summed E-state index contributed by atoms with van der Waals surface area (Å²) in [7, 11) is 0. The molecule has 0 radical (unpaired) electrons. The minimum atomic E-state index is -0.723. The molecule has 0 heterocycles. The molecule has 1 fully saturated rings. The lowest BCUT2D eigenvalue weighted by atomic mass is 9.63. The van der Waals surface area contributed by atoms with Crippen molar-refractivity contribution in [2.75, 3.05) is 6.54 Å². The Labute approximate surface area is 99.2 Å². The summed E-state index contributed by atoms with van der Waals surface area (Å²) >= 11 is 5.77. The molecule has 0 aliphatic heterocycles. The van der Waals surface area contributed by atoms with Gasteiger partial charge in [-0.15, -0.1) is 0 Å². The maximum Gasteiger partial charge on any atom is 0.125 e. The van der Waals surface area contributed by atoms with Crippen molar-refractivity contribution in [1.82, 2.24) is 0 Å². The topological polar surface area (TPSA) is 46.2 Å². The second-order valence-electron chi connectivity index (χ2n) is 4.53. The highest BCUT2D eigenvalue weighted by atomic mass is 35.5. The molecule has 1 saturated carbocycles. The first-order valence-electron chi connectivity index (χ1n) is 5.41. The molecule has 2 rings (SSSR count). The maximum atomic E-state index is 13.2. The molecule has 0 bridgehead atoms. The van der Waals surface area contributed by atoms with Crippen LogP contribution in [0.5, 0.6) is 0 Å². The summed E-state index contributed by atoms with van der Waals surface area (Å²) in [6, 6.07) is 4.16. The van der Waals surface area contributed by atoms with Crippen molar-refractivity contribution in [3.63, 3.8) is 0 Å². The number of hydrogen-bond acceptors (Lipinski definition) is 2. The van der Waals surface area contributed by atoms with Gasteiger partial charge in [0, 0.05) is 17.0 Å². The number of nitrogens with two attached hydrogens (primary N) is 1. The number of aliphatic hydroxyl groups excluding tert-OH is 1. The molecule has 16 heavy (non-hydrogen) atoms. The maximum absolute atomic E-state index is 13.2. The van der Waals surface area contributed by atoms with Gasteiger partial charge >= 0.3 is 0 Å². The standard InChI is InChI=1S/C12H15ClFNO/c13-9-4-8(5-10(14)6-9)11(16)12(7-15)2-1-3-12/h4-6,11,16H,1-3,7,15H2. The van der Waals surface area contributed by atoms with Gasteiger partial charge in [-0.3, -0.25) is 0 Å². The van der Waals surface area contributed by atoms with Crippen LogP contribution in [0.25, 0.3) is 0 Å². The van der Waals surface area contributed by atoms with Crippen molar-refractivity contribution in [3.05, 3.63) is 34.6 Å². The molecule has 0 saturated heterocycles. The van der Waals surface area contributed by atoms with Gasteiger partial charge in [-0.05, 0) is 36.6 Å². The zero-order valence-electron chi connectivity index (χ0n) is 8.92. The summed E-state index contributed by atoms with van der Waals surface area (Å²) in [4.78, 5) is 0. The van der Waals surface area contributed by atoms with E-state index in [0.717, 1.165) is 19.3 Å². The minimum Gasteiger partial charge on any atom is -0.388 e. The predicted octanol–water partition coefficient (Wildman–Crippen LogP) is 2.64. The van der Waals surface area contributed by atoms with E-state index in [1.54, 1.807) is 6.07 Å². The average Bonchev–Trinajstić information content (AvgIpc) is 2.15. The number of halogens is 2. The van der Waals surface area contributed by atoms with Gasteiger partial charge in [0.15, 0.2) is 0 Å². The van der Waals surface area contributed by atoms with E-state index in [-0.39, 0.29) is 5.41 Å². The Bertz CT molecular complexity index is 367. The van der Waals surface area contributed by atoms with Crippen LogP contribution >= 0.6 is 11.6 Å². The first-order chi connectivity index (χ1) is 7.57. The summed E-state index contributed by atoms with van der Waals surface area (Å²) in [6.45, 7) is 0.419. The molecule has 0 aromatic heterocycles. The molecule has 4 heteroatoms. The third kappa shape index (κ3) is 1.95. The first kappa shape index (κ1) is 11.8. The summed E-state index contributed by atoms with van der Waals surface area (Å²) in [5.41, 5.74) is 5.94. The average molecular weight is 244 g/mol. The number of aliphatic hydroxyl groups is 1. The third-order valence-corrected chi connectivity index (χ3v) is 3.75. The molecule has 1 aliphatic rings. The zero-order valence-corrected chi connectivity index (χ0v) is 9.67. The minimum absolute atomic E-state index is 0.281. The largest absolute Gasteiger partial charge is 0.388 e. The monoisotopic (exact) mass is 243 g/mol. The van der Waals surface area contributed by atoms with Gasteiger partial charge in [0.1, 0.15) is 5.82 Å². The van der Waals surface area contributed by atoms with Gasteiger partial charge in [0.2, 0.25) is 0 Å². The second kappa shape index (κ2) is 4.32. The Kier molecular flexibility index (Phi) is 3.19. The van der Waals surface area contributed by atoms with Gasteiger partial charge in [-0.1, -0.05) is 18.0 Å². The lowest BCUT2D eigenvalue weighted by molar-refractivity contribution is -0.0298. The Morgan fingerprint density at radius 3 is 2.56 bits per heavy atom. The molecule has 0 amide bonds. The summed E-state index contributed by atoms with van der Waals surface area (Å²) in [6.07, 6.45) is 2.12. The molecule has 3 N–H and O–H groups in total. The van der Waals surface area contributed by atoms with E-state index < -0.39 is 11.9 Å². The molecule has 1 aromatic rings. The fourth-order valence-electron chi connectivity index (χ4n) is 2.31. The van der Waals surface area contributed by atoms with E-state index in [1.165, 1.54) is 12.1 Å². The van der Waals surface area contributed by atoms with Crippen molar-refractivity contribution in [1.29, 1.82) is 0 Å². The van der Waals surface area contributed by atoms with Crippen LogP contribution in [0.3, 0.4) is 0 Å². The molecule has 1 aliphatic carbocycles. The van der Waals surface area contributed by atoms with Gasteiger partial charge < -0.3 is 10.8 Å². The highest BCUT2D eigenvalue weighted by molar-refractivity contribution is 6.30. The molecular weight excluding hydrogens is 229 g/mol. The molecule has 88 valence electrons. The molecular formula is C12H15ClFNO. The van der Waals surface area contributed by atoms with Gasteiger partial charge in [-0.2, -0.15) is 0 Å². The normalized spacial score (nSPS) is 20.2. The SMILES string of the molecule is NCC1(C(O)c2cc(F)cc(Cl)c2)CCC1. The van der Waals surface area contributed by atoms with Crippen LogP contribution in [-0.2, 0) is 0 Å². The van der Waals surface area contributed by atoms with Gasteiger partial charge in [0.25, 0.3) is 0 Å². The summed E-state index contributed by atoms with van der Waals surface area (Å²) < 4.78 is 13.2. The molecule has 1 unspecified atom stereocenters. The van der Waals surface area contributed by atoms with Crippen molar-refractivity contribution >= 4 is 11.6 Å². The fourth-order valence-corrected chi connectivity index (χ4v) is 2.54. The predicted molar refractivity (Wildman–Crippen MR) is 61.7 cm³/mol. The molecule has 1 aromatic carbocycles. The van der Waals surface area contributed by atoms with E-state index in [1.807, 2.05) is 0 Å². The van der Waals surface area contributed by atoms with Crippen LogP contribution < -0.4 is 5.73 Å². The smallest absolute Gasteiger partial charge is 0.125 e. The Morgan fingerprint density at radius 1 is 1.44 bits per heavy atom. The lowest BCUT2D eigenvalue weighted by Crippen LogP contribution is -2.42.